The molecule has 1 aromatic heterocycles. The highest BCUT2D eigenvalue weighted by Gasteiger charge is 2.24. The second kappa shape index (κ2) is 6.54. The lowest BCUT2D eigenvalue weighted by Gasteiger charge is -2.19. The number of rotatable bonds is 4. The molecule has 2 aliphatic rings. The lowest BCUT2D eigenvalue weighted by molar-refractivity contribution is 0.252. The van der Waals surface area contributed by atoms with Crippen molar-refractivity contribution in [3.8, 4) is 11.5 Å². The van der Waals surface area contributed by atoms with Crippen molar-refractivity contribution in [1.29, 1.82) is 0 Å². The van der Waals surface area contributed by atoms with Gasteiger partial charge in [-0.2, -0.15) is 8.42 Å². The maximum atomic E-state index is 12.3. The van der Waals surface area contributed by atoms with Crippen molar-refractivity contribution in [2.24, 2.45) is 0 Å². The molecule has 0 bridgehead atoms. The summed E-state index contributed by atoms with van der Waals surface area (Å²) < 4.78 is 41.1. The summed E-state index contributed by atoms with van der Waals surface area (Å²) in [5.74, 6) is 1.12. The van der Waals surface area contributed by atoms with Crippen molar-refractivity contribution in [3.05, 3.63) is 59.2 Å². The number of aromatic nitrogens is 2. The van der Waals surface area contributed by atoms with Gasteiger partial charge in [0, 0.05) is 12.4 Å². The second-order valence-corrected chi connectivity index (χ2v) is 7.65. The highest BCUT2D eigenvalue weighted by atomic mass is 32.2. The molecule has 0 unspecified atom stereocenters. The predicted octanol–water partition coefficient (Wildman–Crippen LogP) is 3.21. The Morgan fingerprint density at radius 2 is 2.00 bits per heavy atom. The summed E-state index contributed by atoms with van der Waals surface area (Å²) >= 11 is 0. The molecule has 0 atom stereocenters. The molecule has 0 saturated carbocycles. The molecule has 1 aliphatic carbocycles. The van der Waals surface area contributed by atoms with E-state index in [0.29, 0.717) is 35.4 Å². The smallest absolute Gasteiger partial charge is 0.293 e. The highest BCUT2D eigenvalue weighted by Crippen LogP contribution is 2.37. The van der Waals surface area contributed by atoms with Crippen LogP contribution in [0.15, 0.2) is 59.2 Å². The molecule has 0 amide bonds. The maximum absolute atomic E-state index is 12.3. The van der Waals surface area contributed by atoms with E-state index in [1.807, 2.05) is 6.92 Å². The quantitative estimate of drug-likeness (QED) is 0.762. The van der Waals surface area contributed by atoms with E-state index in [-0.39, 0.29) is 17.3 Å². The zero-order valence-electron chi connectivity index (χ0n) is 14.0. The van der Waals surface area contributed by atoms with Crippen LogP contribution in [-0.2, 0) is 14.3 Å². The van der Waals surface area contributed by atoms with Gasteiger partial charge in [-0.1, -0.05) is 11.6 Å². The molecule has 2 heterocycles. The molecule has 8 heteroatoms. The molecular weight excluding hydrogens is 356 g/mol. The highest BCUT2D eigenvalue weighted by molar-refractivity contribution is 7.90. The van der Waals surface area contributed by atoms with E-state index >= 15 is 0 Å². The van der Waals surface area contributed by atoms with E-state index in [0.717, 1.165) is 5.57 Å². The van der Waals surface area contributed by atoms with Crippen LogP contribution in [0.25, 0.3) is 11.0 Å². The van der Waals surface area contributed by atoms with Crippen LogP contribution in [0.1, 0.15) is 19.8 Å². The molecule has 0 spiro atoms. The first kappa shape index (κ1) is 16.7. The third kappa shape index (κ3) is 3.21. The Bertz CT molecular complexity index is 1070. The van der Waals surface area contributed by atoms with Crippen molar-refractivity contribution in [3.63, 3.8) is 0 Å². The van der Waals surface area contributed by atoms with Crippen LogP contribution in [0.3, 0.4) is 0 Å². The van der Waals surface area contributed by atoms with Crippen LogP contribution in [0, 0.1) is 0 Å². The van der Waals surface area contributed by atoms with Gasteiger partial charge in [0.1, 0.15) is 18.4 Å². The molecule has 7 nitrogen and oxygen atoms in total. The van der Waals surface area contributed by atoms with Crippen LogP contribution >= 0.6 is 0 Å². The monoisotopic (exact) mass is 372 g/mol. The molecule has 0 radical (unpaired) electrons. The molecule has 1 aromatic carbocycles. The summed E-state index contributed by atoms with van der Waals surface area (Å²) in [6.07, 6.45) is 8.98. The molecule has 4 rings (SSSR count). The van der Waals surface area contributed by atoms with Gasteiger partial charge in [-0.05, 0) is 38.0 Å². The minimum Gasteiger partial charge on any atom is -0.457 e. The van der Waals surface area contributed by atoms with Crippen molar-refractivity contribution in [1.82, 2.24) is 9.97 Å². The first-order valence-electron chi connectivity index (χ1n) is 8.06. The summed E-state index contributed by atoms with van der Waals surface area (Å²) in [4.78, 5) is 8.72. The largest absolute Gasteiger partial charge is 0.457 e. The van der Waals surface area contributed by atoms with Crippen molar-refractivity contribution >= 4 is 21.2 Å². The van der Waals surface area contributed by atoms with Gasteiger partial charge >= 0.3 is 0 Å². The van der Waals surface area contributed by atoms with Gasteiger partial charge in [0.05, 0.1) is 10.4 Å². The Balaban J connectivity index is 1.51. The van der Waals surface area contributed by atoms with Crippen molar-refractivity contribution < 1.29 is 22.1 Å². The first-order valence-corrected chi connectivity index (χ1v) is 9.47. The Labute approximate surface area is 150 Å². The number of hydrogen-bond acceptors (Lipinski definition) is 7. The lowest BCUT2D eigenvalue weighted by atomic mass is 10.1. The number of nitrogens with zero attached hydrogens (tertiary/aromatic N) is 2. The Kier molecular flexibility index (Phi) is 4.21. The van der Waals surface area contributed by atoms with E-state index < -0.39 is 10.1 Å². The fourth-order valence-electron chi connectivity index (χ4n) is 2.67. The fraction of sp³-hybridized carbons (Fsp3) is 0.222. The van der Waals surface area contributed by atoms with Crippen LogP contribution in [0.5, 0.6) is 11.5 Å². The Hall–Kier alpha value is -2.71. The van der Waals surface area contributed by atoms with E-state index in [2.05, 4.69) is 9.97 Å². The zero-order chi connectivity index (χ0) is 18.1. The minimum absolute atomic E-state index is 0.238. The zero-order valence-corrected chi connectivity index (χ0v) is 14.8. The first-order chi connectivity index (χ1) is 12.5. The molecule has 0 N–H and O–H groups in total. The van der Waals surface area contributed by atoms with Gasteiger partial charge in [0.25, 0.3) is 10.1 Å². The third-order valence-corrected chi connectivity index (χ3v) is 5.52. The van der Waals surface area contributed by atoms with Crippen LogP contribution < -0.4 is 9.47 Å². The molecule has 0 saturated heterocycles. The number of ether oxygens (including phenoxy) is 2. The summed E-state index contributed by atoms with van der Waals surface area (Å²) in [5.41, 5.74) is 2.33. The number of hydrogen-bond donors (Lipinski definition) is 0. The second-order valence-electron chi connectivity index (χ2n) is 5.98. The van der Waals surface area contributed by atoms with Crippen molar-refractivity contribution in [2.75, 3.05) is 6.61 Å². The van der Waals surface area contributed by atoms with Crippen LogP contribution in [-0.4, -0.2) is 25.0 Å². The average Bonchev–Trinajstić information content (AvgIpc) is 2.66. The number of fused-ring (bicyclic) bond motifs is 3. The molecular formula is C18H16N2O5S. The van der Waals surface area contributed by atoms with Crippen LogP contribution in [0.4, 0.5) is 0 Å². The van der Waals surface area contributed by atoms with Crippen LogP contribution in [0.2, 0.25) is 0 Å². The number of allylic oxidation sites excluding steroid dienone is 4. The van der Waals surface area contributed by atoms with Gasteiger partial charge in [-0.25, -0.2) is 4.98 Å². The third-order valence-electron chi connectivity index (χ3n) is 4.11. The SMILES string of the molecule is CC1=CC=C(S(=O)(=O)OCC2=COc3ccc4nccnc4c3O2)CC1. The van der Waals surface area contributed by atoms with E-state index in [1.54, 1.807) is 36.7 Å². The van der Waals surface area contributed by atoms with Crippen molar-refractivity contribution in [2.45, 2.75) is 19.8 Å². The normalized spacial score (nSPS) is 16.7. The van der Waals surface area contributed by atoms with E-state index in [4.69, 9.17) is 13.7 Å². The summed E-state index contributed by atoms with van der Waals surface area (Å²) in [7, 11) is -3.81. The fourth-order valence-corrected chi connectivity index (χ4v) is 3.68. The molecule has 134 valence electrons. The maximum Gasteiger partial charge on any atom is 0.293 e. The summed E-state index contributed by atoms with van der Waals surface area (Å²) in [6.45, 7) is 1.70. The average molecular weight is 372 g/mol. The Morgan fingerprint density at radius 3 is 2.81 bits per heavy atom. The van der Waals surface area contributed by atoms with E-state index in [1.165, 1.54) is 6.26 Å². The molecule has 0 fully saturated rings. The molecule has 1 aliphatic heterocycles. The topological polar surface area (TPSA) is 87.6 Å². The molecule has 2 aromatic rings. The number of benzene rings is 1. The van der Waals surface area contributed by atoms with Gasteiger partial charge in [0.15, 0.2) is 17.3 Å². The van der Waals surface area contributed by atoms with Gasteiger partial charge in [0.2, 0.25) is 0 Å². The lowest BCUT2D eigenvalue weighted by Crippen LogP contribution is -2.16. The summed E-state index contributed by atoms with van der Waals surface area (Å²) in [5, 5.41) is 0. The van der Waals surface area contributed by atoms with Gasteiger partial charge in [-0.15, -0.1) is 0 Å². The predicted molar refractivity (Wildman–Crippen MR) is 94.8 cm³/mol. The summed E-state index contributed by atoms with van der Waals surface area (Å²) in [6, 6.07) is 3.49. The standard InChI is InChI=1S/C18H16N2O5S/c1-12-2-4-14(5-3-12)26(21,22)24-11-13-10-23-16-7-6-15-17(18(16)25-13)20-9-8-19-15/h2,4,6-10H,3,5,11H2,1H3. The minimum atomic E-state index is -3.81. The van der Waals surface area contributed by atoms with Gasteiger partial charge in [-0.3, -0.25) is 9.17 Å². The van der Waals surface area contributed by atoms with Gasteiger partial charge < -0.3 is 9.47 Å². The molecule has 26 heavy (non-hydrogen) atoms. The van der Waals surface area contributed by atoms with E-state index in [9.17, 15) is 8.42 Å². The Morgan fingerprint density at radius 1 is 1.15 bits per heavy atom.